The van der Waals surface area contributed by atoms with Gasteiger partial charge in [-0.3, -0.25) is 0 Å². The Hall–Kier alpha value is -2.04. The molecule has 0 radical (unpaired) electrons. The predicted molar refractivity (Wildman–Crippen MR) is 66.4 cm³/mol. The third-order valence-electron chi connectivity index (χ3n) is 2.33. The number of hydrogen-bond donors (Lipinski definition) is 0. The minimum atomic E-state index is 0.123. The number of hydrogen-bond acceptors (Lipinski definition) is 6. The average Bonchev–Trinajstić information content (AvgIpc) is 2.94. The Morgan fingerprint density at radius 2 is 2.22 bits per heavy atom. The molecule has 3 heterocycles. The summed E-state index contributed by atoms with van der Waals surface area (Å²) in [6.07, 6.45) is 0. The van der Waals surface area contributed by atoms with Crippen LogP contribution in [0, 0.1) is 18.3 Å². The van der Waals surface area contributed by atoms with Crippen molar-refractivity contribution >= 4 is 28.8 Å². The van der Waals surface area contributed by atoms with Crippen molar-refractivity contribution in [2.45, 2.75) is 6.92 Å². The van der Waals surface area contributed by atoms with Crippen LogP contribution in [-0.2, 0) is 0 Å². The van der Waals surface area contributed by atoms with Gasteiger partial charge in [0.05, 0.1) is 5.56 Å². The number of halogens is 1. The Bertz CT molecular complexity index is 783. The Balaban J connectivity index is 2.27. The van der Waals surface area contributed by atoms with Crippen molar-refractivity contribution in [3.05, 3.63) is 27.7 Å². The fourth-order valence-electron chi connectivity index (χ4n) is 1.52. The van der Waals surface area contributed by atoms with Crippen molar-refractivity contribution in [1.82, 2.24) is 24.2 Å². The molecule has 88 valence electrons. The van der Waals surface area contributed by atoms with E-state index in [2.05, 4.69) is 19.7 Å². The van der Waals surface area contributed by atoms with Gasteiger partial charge in [0.1, 0.15) is 11.8 Å². The highest BCUT2D eigenvalue weighted by Crippen LogP contribution is 2.21. The molecule has 0 saturated heterocycles. The molecule has 0 N–H and O–H groups in total. The average molecular weight is 277 g/mol. The number of aryl methyl sites for hydroxylation is 1. The van der Waals surface area contributed by atoms with Crippen LogP contribution in [0.3, 0.4) is 0 Å². The number of aromatic nitrogens is 5. The molecule has 0 fully saturated rings. The lowest BCUT2D eigenvalue weighted by Crippen LogP contribution is -1.97. The van der Waals surface area contributed by atoms with Crippen molar-refractivity contribution in [3.8, 4) is 17.6 Å². The first kappa shape index (κ1) is 11.1. The minimum Gasteiger partial charge on any atom is -0.192 e. The fraction of sp³-hybridized carbons (Fsp3) is 0.100. The smallest absolute Gasteiger partial charge is 0.192 e. The molecule has 8 heteroatoms. The molecular weight excluding hydrogens is 272 g/mol. The maximum atomic E-state index is 8.86. The molecule has 0 aromatic carbocycles. The summed E-state index contributed by atoms with van der Waals surface area (Å²) in [5.41, 5.74) is 1.44. The van der Waals surface area contributed by atoms with Gasteiger partial charge < -0.3 is 0 Å². The van der Waals surface area contributed by atoms with E-state index in [9.17, 15) is 0 Å². The highest BCUT2D eigenvalue weighted by atomic mass is 35.5. The lowest BCUT2D eigenvalue weighted by atomic mass is 10.3. The Morgan fingerprint density at radius 1 is 1.39 bits per heavy atom. The van der Waals surface area contributed by atoms with Gasteiger partial charge in [-0.25, -0.2) is 0 Å². The molecule has 3 aromatic rings. The van der Waals surface area contributed by atoms with Crippen LogP contribution in [0.1, 0.15) is 10.4 Å². The van der Waals surface area contributed by atoms with Gasteiger partial charge in [0.15, 0.2) is 10.8 Å². The molecule has 0 unspecified atom stereocenters. The second kappa shape index (κ2) is 4.01. The largest absolute Gasteiger partial charge is 0.204 e. The molecule has 6 nitrogen and oxygen atoms in total. The highest BCUT2D eigenvalue weighted by molar-refractivity contribution is 7.05. The van der Waals surface area contributed by atoms with Crippen LogP contribution in [0.4, 0.5) is 0 Å². The maximum Gasteiger partial charge on any atom is 0.204 e. The van der Waals surface area contributed by atoms with E-state index in [4.69, 9.17) is 16.9 Å². The van der Waals surface area contributed by atoms with E-state index in [0.29, 0.717) is 17.2 Å². The van der Waals surface area contributed by atoms with Crippen LogP contribution in [0.2, 0.25) is 5.15 Å². The highest BCUT2D eigenvalue weighted by Gasteiger charge is 2.14. The van der Waals surface area contributed by atoms with Crippen LogP contribution < -0.4 is 0 Å². The van der Waals surface area contributed by atoms with Crippen LogP contribution >= 0.6 is 23.1 Å². The summed E-state index contributed by atoms with van der Waals surface area (Å²) in [6, 6.07) is 5.40. The van der Waals surface area contributed by atoms with Gasteiger partial charge in [-0.15, -0.1) is 10.2 Å². The summed E-state index contributed by atoms with van der Waals surface area (Å²) in [5.74, 6) is 0.515. The Morgan fingerprint density at radius 3 is 2.89 bits per heavy atom. The zero-order chi connectivity index (χ0) is 12.7. The number of rotatable bonds is 1. The molecule has 0 amide bonds. The molecule has 0 saturated carbocycles. The SMILES string of the molecule is Cc1cc(-c2nnc3cc(C#N)c(Cl)nn23)ns1. The molecule has 3 rings (SSSR count). The van der Waals surface area contributed by atoms with Gasteiger partial charge in [-0.05, 0) is 24.5 Å². The van der Waals surface area contributed by atoms with E-state index in [1.807, 2.05) is 19.1 Å². The Labute approximate surface area is 111 Å². The molecule has 3 aromatic heterocycles. The summed E-state index contributed by atoms with van der Waals surface area (Å²) >= 11 is 7.28. The molecule has 0 spiro atoms. The summed E-state index contributed by atoms with van der Waals surface area (Å²) in [7, 11) is 0. The van der Waals surface area contributed by atoms with Gasteiger partial charge in [0, 0.05) is 10.9 Å². The van der Waals surface area contributed by atoms with Crippen LogP contribution in [0.15, 0.2) is 12.1 Å². The molecule has 0 aliphatic heterocycles. The first-order valence-corrected chi connectivity index (χ1v) is 6.10. The molecule has 0 aliphatic rings. The summed E-state index contributed by atoms with van der Waals surface area (Å²) in [4.78, 5) is 1.07. The van der Waals surface area contributed by atoms with Crippen molar-refractivity contribution < 1.29 is 0 Å². The van der Waals surface area contributed by atoms with Crippen LogP contribution in [0.25, 0.3) is 17.2 Å². The predicted octanol–water partition coefficient (Wildman–Crippen LogP) is 2.08. The van der Waals surface area contributed by atoms with Gasteiger partial charge in [-0.2, -0.15) is 19.2 Å². The van der Waals surface area contributed by atoms with E-state index >= 15 is 0 Å². The zero-order valence-electron chi connectivity index (χ0n) is 9.12. The third kappa shape index (κ3) is 1.63. The summed E-state index contributed by atoms with van der Waals surface area (Å²) < 4.78 is 5.73. The third-order valence-corrected chi connectivity index (χ3v) is 3.30. The Kier molecular flexibility index (Phi) is 2.47. The first-order valence-electron chi connectivity index (χ1n) is 4.95. The zero-order valence-corrected chi connectivity index (χ0v) is 10.7. The second-order valence-electron chi connectivity index (χ2n) is 3.58. The second-order valence-corrected chi connectivity index (χ2v) is 4.94. The molecular formula is C10H5ClN6S. The van der Waals surface area contributed by atoms with E-state index in [1.165, 1.54) is 16.0 Å². The molecule has 0 aliphatic carbocycles. The normalized spacial score (nSPS) is 10.7. The van der Waals surface area contributed by atoms with Crippen LogP contribution in [0.5, 0.6) is 0 Å². The standard InChI is InChI=1S/C10H5ClN6S/c1-5-2-7(16-18-5)10-14-13-8-3-6(4-12)9(11)15-17(8)10/h2-3H,1H3. The summed E-state index contributed by atoms with van der Waals surface area (Å²) in [5, 5.41) is 21.1. The quantitative estimate of drug-likeness (QED) is 0.680. The molecule has 0 atom stereocenters. The monoisotopic (exact) mass is 276 g/mol. The van der Waals surface area contributed by atoms with Crippen molar-refractivity contribution in [1.29, 1.82) is 5.26 Å². The van der Waals surface area contributed by atoms with E-state index < -0.39 is 0 Å². The van der Waals surface area contributed by atoms with Crippen LogP contribution in [-0.4, -0.2) is 24.2 Å². The fourth-order valence-corrected chi connectivity index (χ4v) is 2.23. The topological polar surface area (TPSA) is 79.8 Å². The minimum absolute atomic E-state index is 0.123. The lowest BCUT2D eigenvalue weighted by molar-refractivity contribution is 0.929. The molecule has 18 heavy (non-hydrogen) atoms. The van der Waals surface area contributed by atoms with Gasteiger partial charge in [0.2, 0.25) is 5.82 Å². The van der Waals surface area contributed by atoms with Gasteiger partial charge >= 0.3 is 0 Å². The lowest BCUT2D eigenvalue weighted by Gasteiger charge is -1.97. The van der Waals surface area contributed by atoms with Gasteiger partial charge in [-0.1, -0.05) is 11.6 Å². The maximum absolute atomic E-state index is 8.86. The van der Waals surface area contributed by atoms with E-state index in [0.717, 1.165) is 4.88 Å². The van der Waals surface area contributed by atoms with E-state index in [1.54, 1.807) is 6.07 Å². The number of fused-ring (bicyclic) bond motifs is 1. The first-order chi connectivity index (χ1) is 8.69. The van der Waals surface area contributed by atoms with Crippen molar-refractivity contribution in [3.63, 3.8) is 0 Å². The summed E-state index contributed by atoms with van der Waals surface area (Å²) in [6.45, 7) is 1.96. The number of nitrogens with zero attached hydrogens (tertiary/aromatic N) is 6. The van der Waals surface area contributed by atoms with Crippen molar-refractivity contribution in [2.24, 2.45) is 0 Å². The number of nitriles is 1. The molecule has 0 bridgehead atoms. The van der Waals surface area contributed by atoms with Crippen molar-refractivity contribution in [2.75, 3.05) is 0 Å². The van der Waals surface area contributed by atoms with Gasteiger partial charge in [0.25, 0.3) is 0 Å². The van der Waals surface area contributed by atoms with E-state index in [-0.39, 0.29) is 10.7 Å².